The van der Waals surface area contributed by atoms with Gasteiger partial charge in [0.05, 0.1) is 8.07 Å². The largest absolute Gasteiger partial charge is 0.330 e. The van der Waals surface area contributed by atoms with Crippen molar-refractivity contribution in [1.29, 1.82) is 0 Å². The van der Waals surface area contributed by atoms with Gasteiger partial charge in [0, 0.05) is 0 Å². The molecule has 2 N–H and O–H groups in total. The third-order valence-corrected chi connectivity index (χ3v) is 10.1. The highest BCUT2D eigenvalue weighted by molar-refractivity contribution is 6.92. The van der Waals surface area contributed by atoms with E-state index in [1.807, 2.05) is 0 Å². The van der Waals surface area contributed by atoms with Gasteiger partial charge in [-0.3, -0.25) is 0 Å². The minimum Gasteiger partial charge on any atom is -0.330 e. The maximum Gasteiger partial charge on any atom is 0.0863 e. The zero-order chi connectivity index (χ0) is 14.8. The molecule has 0 atom stereocenters. The maximum atomic E-state index is 5.84. The van der Waals surface area contributed by atoms with Gasteiger partial charge in [0.1, 0.15) is 0 Å². The molecule has 0 amide bonds. The first-order chi connectivity index (χ1) is 8.63. The zero-order valence-corrected chi connectivity index (χ0v) is 14.4. The molecule has 0 saturated carbocycles. The monoisotopic (exact) mass is 275 g/mol. The van der Waals surface area contributed by atoms with Crippen molar-refractivity contribution >= 4 is 18.8 Å². The quantitative estimate of drug-likeness (QED) is 0.828. The average Bonchev–Trinajstić information content (AvgIpc) is 2.27. The van der Waals surface area contributed by atoms with Crippen molar-refractivity contribution in [2.75, 3.05) is 6.54 Å². The van der Waals surface area contributed by atoms with Crippen molar-refractivity contribution in [2.45, 2.75) is 52.2 Å². The van der Waals surface area contributed by atoms with Crippen LogP contribution in [0.2, 0.25) is 18.1 Å². The maximum absolute atomic E-state index is 5.84. The van der Waals surface area contributed by atoms with Crippen LogP contribution < -0.4 is 10.9 Å². The Labute approximate surface area is 119 Å². The van der Waals surface area contributed by atoms with Crippen molar-refractivity contribution in [2.24, 2.45) is 5.73 Å². The van der Waals surface area contributed by atoms with Crippen LogP contribution in [0.3, 0.4) is 0 Å². The number of hydrogen-bond donors (Lipinski definition) is 1. The molecule has 0 aliphatic heterocycles. The highest BCUT2D eigenvalue weighted by Gasteiger charge is 2.38. The van der Waals surface area contributed by atoms with Crippen molar-refractivity contribution in [3.8, 4) is 0 Å². The van der Waals surface area contributed by atoms with E-state index in [0.29, 0.717) is 11.6 Å². The van der Waals surface area contributed by atoms with E-state index < -0.39 is 8.07 Å². The summed E-state index contributed by atoms with van der Waals surface area (Å²) in [5.41, 5.74) is 9.71. The fraction of sp³-hybridized carbons (Fsp3) is 0.529. The standard InChI is InChI=1S/C17H29NSi/c1-13(2)14-9-8-10-16(15(14)11-12-18)19(6,7)17(3,4)5/h8-10H,1,11-12,18H2,2-7H3. The fourth-order valence-corrected chi connectivity index (χ4v) is 4.72. The van der Waals surface area contributed by atoms with E-state index in [9.17, 15) is 0 Å². The van der Waals surface area contributed by atoms with Crippen LogP contribution in [0, 0.1) is 0 Å². The van der Waals surface area contributed by atoms with Gasteiger partial charge in [0.15, 0.2) is 0 Å². The molecule has 0 bridgehead atoms. The van der Waals surface area contributed by atoms with Gasteiger partial charge in [-0.1, -0.05) is 69.4 Å². The molecule has 0 heterocycles. The Balaban J connectivity index is 3.51. The fourth-order valence-electron chi connectivity index (χ4n) is 2.39. The van der Waals surface area contributed by atoms with E-state index in [0.717, 1.165) is 12.0 Å². The Morgan fingerprint density at radius 1 is 1.26 bits per heavy atom. The second-order valence-corrected chi connectivity index (χ2v) is 12.3. The molecule has 19 heavy (non-hydrogen) atoms. The van der Waals surface area contributed by atoms with Gasteiger partial charge in [-0.2, -0.15) is 0 Å². The summed E-state index contributed by atoms with van der Waals surface area (Å²) < 4.78 is 0. The second-order valence-electron chi connectivity index (χ2n) is 7.03. The van der Waals surface area contributed by atoms with Crippen molar-refractivity contribution in [1.82, 2.24) is 0 Å². The summed E-state index contributed by atoms with van der Waals surface area (Å²) >= 11 is 0. The number of benzene rings is 1. The minimum absolute atomic E-state index is 0.337. The zero-order valence-electron chi connectivity index (χ0n) is 13.4. The Morgan fingerprint density at radius 3 is 2.26 bits per heavy atom. The summed E-state index contributed by atoms with van der Waals surface area (Å²) in [5, 5.41) is 1.88. The molecular weight excluding hydrogens is 246 g/mol. The van der Waals surface area contributed by atoms with E-state index in [4.69, 9.17) is 5.73 Å². The number of hydrogen-bond acceptors (Lipinski definition) is 1. The lowest BCUT2D eigenvalue weighted by molar-refractivity contribution is 0.728. The highest BCUT2D eigenvalue weighted by Crippen LogP contribution is 2.36. The van der Waals surface area contributed by atoms with Crippen LogP contribution in [0.25, 0.3) is 5.57 Å². The van der Waals surface area contributed by atoms with Gasteiger partial charge >= 0.3 is 0 Å². The highest BCUT2D eigenvalue weighted by atomic mass is 28.3. The molecule has 0 saturated heterocycles. The van der Waals surface area contributed by atoms with E-state index in [1.54, 1.807) is 5.19 Å². The lowest BCUT2D eigenvalue weighted by atomic mass is 9.99. The van der Waals surface area contributed by atoms with E-state index in [1.165, 1.54) is 11.1 Å². The molecule has 0 aliphatic rings. The predicted octanol–water partition coefficient (Wildman–Crippen LogP) is 3.94. The molecule has 106 valence electrons. The SMILES string of the molecule is C=C(C)c1cccc([Si](C)(C)C(C)(C)C)c1CCN. The van der Waals surface area contributed by atoms with Gasteiger partial charge < -0.3 is 5.73 Å². The molecule has 0 radical (unpaired) electrons. The van der Waals surface area contributed by atoms with Crippen LogP contribution >= 0.6 is 0 Å². The van der Waals surface area contributed by atoms with Gasteiger partial charge in [-0.05, 0) is 36.1 Å². The molecule has 0 fully saturated rings. The Kier molecular flexibility index (Phi) is 4.80. The first-order valence-corrected chi connectivity index (χ1v) is 10.1. The first-order valence-electron chi connectivity index (χ1n) is 7.11. The van der Waals surface area contributed by atoms with Crippen molar-refractivity contribution < 1.29 is 0 Å². The summed E-state index contributed by atoms with van der Waals surface area (Å²) in [4.78, 5) is 0. The smallest absolute Gasteiger partial charge is 0.0863 e. The summed E-state index contributed by atoms with van der Waals surface area (Å²) in [5.74, 6) is 0. The predicted molar refractivity (Wildman–Crippen MR) is 90.7 cm³/mol. The number of nitrogens with two attached hydrogens (primary N) is 1. The lowest BCUT2D eigenvalue weighted by Crippen LogP contribution is -2.51. The Hall–Kier alpha value is -0.863. The van der Waals surface area contributed by atoms with E-state index >= 15 is 0 Å². The second kappa shape index (κ2) is 5.64. The number of allylic oxidation sites excluding steroid dienone is 1. The molecule has 0 aliphatic carbocycles. The van der Waals surface area contributed by atoms with Gasteiger partial charge in [0.25, 0.3) is 0 Å². The van der Waals surface area contributed by atoms with Gasteiger partial charge in [-0.15, -0.1) is 0 Å². The Bertz CT molecular complexity index is 467. The normalized spacial score (nSPS) is 12.6. The summed E-state index contributed by atoms with van der Waals surface area (Å²) in [6, 6.07) is 6.68. The average molecular weight is 276 g/mol. The third-order valence-electron chi connectivity index (χ3n) is 4.58. The van der Waals surface area contributed by atoms with E-state index in [-0.39, 0.29) is 0 Å². The molecule has 2 heteroatoms. The van der Waals surface area contributed by atoms with Gasteiger partial charge in [-0.25, -0.2) is 0 Å². The summed E-state index contributed by atoms with van der Waals surface area (Å²) in [6.07, 6.45) is 0.949. The summed E-state index contributed by atoms with van der Waals surface area (Å²) in [7, 11) is -1.54. The van der Waals surface area contributed by atoms with Crippen molar-refractivity contribution in [3.05, 3.63) is 35.9 Å². The molecule has 0 aromatic heterocycles. The first kappa shape index (κ1) is 16.2. The minimum atomic E-state index is -1.54. The molecule has 1 rings (SSSR count). The van der Waals surface area contributed by atoms with Crippen LogP contribution in [-0.2, 0) is 6.42 Å². The lowest BCUT2D eigenvalue weighted by Gasteiger charge is -2.39. The molecule has 0 spiro atoms. The third kappa shape index (κ3) is 3.18. The Morgan fingerprint density at radius 2 is 1.84 bits per heavy atom. The molecular formula is C17H29NSi. The topological polar surface area (TPSA) is 26.0 Å². The number of rotatable bonds is 4. The van der Waals surface area contributed by atoms with Crippen LogP contribution in [-0.4, -0.2) is 14.6 Å². The molecule has 1 aromatic carbocycles. The molecule has 1 aromatic rings. The van der Waals surface area contributed by atoms with Crippen LogP contribution in [0.5, 0.6) is 0 Å². The van der Waals surface area contributed by atoms with Crippen LogP contribution in [0.4, 0.5) is 0 Å². The van der Waals surface area contributed by atoms with Crippen LogP contribution in [0.1, 0.15) is 38.8 Å². The van der Waals surface area contributed by atoms with Crippen LogP contribution in [0.15, 0.2) is 24.8 Å². The van der Waals surface area contributed by atoms with E-state index in [2.05, 4.69) is 65.6 Å². The van der Waals surface area contributed by atoms with Crippen molar-refractivity contribution in [3.63, 3.8) is 0 Å². The van der Waals surface area contributed by atoms with Gasteiger partial charge in [0.2, 0.25) is 0 Å². The molecule has 1 nitrogen and oxygen atoms in total. The summed E-state index contributed by atoms with van der Waals surface area (Å²) in [6.45, 7) is 18.9. The molecule has 0 unspecified atom stereocenters.